The Bertz CT molecular complexity index is 472. The van der Waals surface area contributed by atoms with Crippen LogP contribution in [0.2, 0.25) is 0 Å². The van der Waals surface area contributed by atoms with E-state index >= 15 is 0 Å². The van der Waals surface area contributed by atoms with Gasteiger partial charge in [0, 0.05) is 18.8 Å². The smallest absolute Gasteiger partial charge is 0.138 e. The summed E-state index contributed by atoms with van der Waals surface area (Å²) in [5.41, 5.74) is 2.33. The van der Waals surface area contributed by atoms with E-state index in [0.717, 1.165) is 18.8 Å². The molecule has 1 aliphatic heterocycles. The number of aromatic nitrogens is 3. The second-order valence-electron chi connectivity index (χ2n) is 4.21. The molecule has 17 heavy (non-hydrogen) atoms. The SMILES string of the molecule is [CH]1CCN(c2cccc(-n3cncn3)c2)CC1. The standard InChI is InChI=1S/C13H15N4/c1-2-7-16(8-3-1)12-5-4-6-13(9-12)17-11-14-10-15-17/h1,4-6,9-11H,2-3,7-8H2. The zero-order valence-corrected chi connectivity index (χ0v) is 9.66. The van der Waals surface area contributed by atoms with Crippen molar-refractivity contribution in [1.82, 2.24) is 14.8 Å². The lowest BCUT2D eigenvalue weighted by molar-refractivity contribution is 0.678. The average Bonchev–Trinajstić information content (AvgIpc) is 2.94. The highest BCUT2D eigenvalue weighted by atomic mass is 15.3. The third kappa shape index (κ3) is 2.16. The molecule has 0 saturated carbocycles. The highest BCUT2D eigenvalue weighted by Gasteiger charge is 2.11. The Morgan fingerprint density at radius 3 is 2.65 bits per heavy atom. The first-order chi connectivity index (χ1) is 8.43. The van der Waals surface area contributed by atoms with Crippen LogP contribution >= 0.6 is 0 Å². The Morgan fingerprint density at radius 1 is 1.06 bits per heavy atom. The molecule has 1 aromatic carbocycles. The van der Waals surface area contributed by atoms with Crippen molar-refractivity contribution in [1.29, 1.82) is 0 Å². The lowest BCUT2D eigenvalue weighted by atomic mass is 10.1. The molecule has 0 bridgehead atoms. The summed E-state index contributed by atoms with van der Waals surface area (Å²) in [6.45, 7) is 2.22. The number of nitrogens with zero attached hydrogens (tertiary/aromatic N) is 4. The van der Waals surface area contributed by atoms with Crippen LogP contribution in [0.15, 0.2) is 36.9 Å². The number of benzene rings is 1. The van der Waals surface area contributed by atoms with Gasteiger partial charge in [0.1, 0.15) is 12.7 Å². The van der Waals surface area contributed by atoms with Crippen molar-refractivity contribution in [3.05, 3.63) is 43.3 Å². The van der Waals surface area contributed by atoms with E-state index in [1.165, 1.54) is 18.5 Å². The summed E-state index contributed by atoms with van der Waals surface area (Å²) in [6.07, 6.45) is 7.99. The van der Waals surface area contributed by atoms with Crippen LogP contribution in [0.3, 0.4) is 0 Å². The minimum absolute atomic E-state index is 1.06. The van der Waals surface area contributed by atoms with Gasteiger partial charge in [-0.25, -0.2) is 9.67 Å². The maximum Gasteiger partial charge on any atom is 0.138 e. The second kappa shape index (κ2) is 4.57. The summed E-state index contributed by atoms with van der Waals surface area (Å²) >= 11 is 0. The van der Waals surface area contributed by atoms with E-state index in [1.54, 1.807) is 17.3 Å². The molecule has 0 unspecified atom stereocenters. The predicted molar refractivity (Wildman–Crippen MR) is 67.1 cm³/mol. The van der Waals surface area contributed by atoms with Gasteiger partial charge in [-0.15, -0.1) is 0 Å². The molecule has 1 aliphatic rings. The Kier molecular flexibility index (Phi) is 2.78. The first-order valence-corrected chi connectivity index (χ1v) is 5.95. The normalized spacial score (nSPS) is 16.1. The molecule has 0 atom stereocenters. The van der Waals surface area contributed by atoms with Gasteiger partial charge in [0.15, 0.2) is 0 Å². The lowest BCUT2D eigenvalue weighted by Gasteiger charge is -2.28. The fourth-order valence-electron chi connectivity index (χ4n) is 2.18. The molecular formula is C13H15N4. The van der Waals surface area contributed by atoms with Crippen LogP contribution in [0, 0.1) is 6.42 Å². The number of hydrogen-bond donors (Lipinski definition) is 0. The molecule has 1 saturated heterocycles. The van der Waals surface area contributed by atoms with Crippen LogP contribution in [-0.2, 0) is 0 Å². The van der Waals surface area contributed by atoms with Crippen LogP contribution in [0.25, 0.3) is 5.69 Å². The molecule has 2 heterocycles. The van der Waals surface area contributed by atoms with Crippen molar-refractivity contribution in [2.24, 2.45) is 0 Å². The third-order valence-corrected chi connectivity index (χ3v) is 3.08. The van der Waals surface area contributed by atoms with Gasteiger partial charge in [-0.2, -0.15) is 5.10 Å². The molecular weight excluding hydrogens is 212 g/mol. The Balaban J connectivity index is 1.88. The third-order valence-electron chi connectivity index (χ3n) is 3.08. The van der Waals surface area contributed by atoms with E-state index in [9.17, 15) is 0 Å². The topological polar surface area (TPSA) is 34.0 Å². The zero-order valence-electron chi connectivity index (χ0n) is 9.66. The minimum Gasteiger partial charge on any atom is -0.371 e. The molecule has 4 heteroatoms. The van der Waals surface area contributed by atoms with E-state index in [-0.39, 0.29) is 0 Å². The molecule has 1 radical (unpaired) electrons. The van der Waals surface area contributed by atoms with Gasteiger partial charge >= 0.3 is 0 Å². The number of hydrogen-bond acceptors (Lipinski definition) is 3. The maximum absolute atomic E-state index is 4.15. The van der Waals surface area contributed by atoms with Crippen molar-refractivity contribution in [3.8, 4) is 5.69 Å². The van der Waals surface area contributed by atoms with Crippen LogP contribution < -0.4 is 4.90 Å². The monoisotopic (exact) mass is 227 g/mol. The fourth-order valence-corrected chi connectivity index (χ4v) is 2.18. The van der Waals surface area contributed by atoms with Gasteiger partial charge in [-0.1, -0.05) is 6.07 Å². The average molecular weight is 227 g/mol. The minimum atomic E-state index is 1.06. The zero-order chi connectivity index (χ0) is 11.5. The van der Waals surface area contributed by atoms with E-state index < -0.39 is 0 Å². The summed E-state index contributed by atoms with van der Waals surface area (Å²) < 4.78 is 1.79. The predicted octanol–water partition coefficient (Wildman–Crippen LogP) is 2.07. The Hall–Kier alpha value is -1.84. The van der Waals surface area contributed by atoms with Gasteiger partial charge in [0.05, 0.1) is 5.69 Å². The summed E-state index contributed by atoms with van der Waals surface area (Å²) in [4.78, 5) is 6.39. The van der Waals surface area contributed by atoms with Gasteiger partial charge in [0.2, 0.25) is 0 Å². The lowest BCUT2D eigenvalue weighted by Crippen LogP contribution is -2.29. The largest absolute Gasteiger partial charge is 0.371 e. The highest BCUT2D eigenvalue weighted by Crippen LogP contribution is 2.21. The number of piperidine rings is 1. The summed E-state index contributed by atoms with van der Waals surface area (Å²) in [5.74, 6) is 0. The first-order valence-electron chi connectivity index (χ1n) is 5.95. The van der Waals surface area contributed by atoms with Gasteiger partial charge < -0.3 is 4.90 Å². The fraction of sp³-hybridized carbons (Fsp3) is 0.308. The van der Waals surface area contributed by atoms with Crippen LogP contribution in [0.1, 0.15) is 12.8 Å². The van der Waals surface area contributed by atoms with Gasteiger partial charge in [-0.05, 0) is 37.5 Å². The number of anilines is 1. The molecule has 2 aromatic rings. The van der Waals surface area contributed by atoms with Crippen molar-refractivity contribution in [2.75, 3.05) is 18.0 Å². The van der Waals surface area contributed by atoms with E-state index in [4.69, 9.17) is 0 Å². The van der Waals surface area contributed by atoms with Crippen LogP contribution in [0.4, 0.5) is 5.69 Å². The van der Waals surface area contributed by atoms with E-state index in [0.29, 0.717) is 0 Å². The molecule has 0 spiro atoms. The molecule has 0 amide bonds. The van der Waals surface area contributed by atoms with E-state index in [1.807, 2.05) is 6.07 Å². The van der Waals surface area contributed by atoms with Crippen LogP contribution in [-0.4, -0.2) is 27.9 Å². The van der Waals surface area contributed by atoms with Crippen LogP contribution in [0.5, 0.6) is 0 Å². The van der Waals surface area contributed by atoms with Crippen molar-refractivity contribution < 1.29 is 0 Å². The second-order valence-corrected chi connectivity index (χ2v) is 4.21. The maximum atomic E-state index is 4.15. The molecule has 4 nitrogen and oxygen atoms in total. The summed E-state index contributed by atoms with van der Waals surface area (Å²) in [6, 6.07) is 8.45. The molecule has 1 fully saturated rings. The van der Waals surface area contributed by atoms with E-state index in [2.05, 4.69) is 39.6 Å². The van der Waals surface area contributed by atoms with Gasteiger partial charge in [0.25, 0.3) is 0 Å². The van der Waals surface area contributed by atoms with Crippen molar-refractivity contribution >= 4 is 5.69 Å². The van der Waals surface area contributed by atoms with Crippen molar-refractivity contribution in [3.63, 3.8) is 0 Å². The highest BCUT2D eigenvalue weighted by molar-refractivity contribution is 5.53. The molecule has 0 aliphatic carbocycles. The molecule has 0 N–H and O–H groups in total. The Labute approximate surface area is 101 Å². The number of rotatable bonds is 2. The summed E-state index contributed by atoms with van der Waals surface area (Å²) in [5, 5.41) is 4.15. The van der Waals surface area contributed by atoms with Gasteiger partial charge in [-0.3, -0.25) is 0 Å². The Morgan fingerprint density at radius 2 is 1.88 bits per heavy atom. The first kappa shape index (κ1) is 10.3. The quantitative estimate of drug-likeness (QED) is 0.787. The molecule has 3 rings (SSSR count). The summed E-state index contributed by atoms with van der Waals surface area (Å²) in [7, 11) is 0. The van der Waals surface area contributed by atoms with Crippen molar-refractivity contribution in [2.45, 2.75) is 12.8 Å². The molecule has 87 valence electrons. The molecule has 1 aromatic heterocycles.